The highest BCUT2D eigenvalue weighted by Gasteiger charge is 2.19. The Kier molecular flexibility index (Phi) is 8.37. The molecule has 0 aromatic heterocycles. The van der Waals surface area contributed by atoms with Crippen LogP contribution in [0.15, 0.2) is 0 Å². The molecule has 2 atom stereocenters. The highest BCUT2D eigenvalue weighted by atomic mass is 16.4. The first kappa shape index (κ1) is 16.9. The summed E-state index contributed by atoms with van der Waals surface area (Å²) >= 11 is 0. The molecule has 2 unspecified atom stereocenters. The predicted octanol–water partition coefficient (Wildman–Crippen LogP) is 1.46. The van der Waals surface area contributed by atoms with E-state index in [9.17, 15) is 9.59 Å². The second kappa shape index (κ2) is 8.91. The summed E-state index contributed by atoms with van der Waals surface area (Å²) in [6.45, 7) is 6.57. The van der Waals surface area contributed by atoms with Crippen molar-refractivity contribution in [2.24, 2.45) is 11.7 Å². The van der Waals surface area contributed by atoms with E-state index in [1.54, 1.807) is 4.90 Å². The molecule has 5 nitrogen and oxygen atoms in total. The largest absolute Gasteiger partial charge is 0.481 e. The molecule has 0 fully saturated rings. The Morgan fingerprint density at radius 3 is 2.33 bits per heavy atom. The number of carboxylic acids is 1. The monoisotopic (exact) mass is 258 g/mol. The zero-order valence-electron chi connectivity index (χ0n) is 11.7. The molecule has 106 valence electrons. The number of carbonyl (C=O) groups excluding carboxylic acids is 1. The van der Waals surface area contributed by atoms with Crippen molar-refractivity contribution in [2.45, 2.75) is 52.5 Å². The smallest absolute Gasteiger partial charge is 0.305 e. The number of nitrogens with zero attached hydrogens (tertiary/aromatic N) is 1. The highest BCUT2D eigenvalue weighted by Crippen LogP contribution is 2.12. The molecule has 0 heterocycles. The van der Waals surface area contributed by atoms with Crippen LogP contribution in [0.25, 0.3) is 0 Å². The third kappa shape index (κ3) is 7.27. The van der Waals surface area contributed by atoms with Crippen LogP contribution >= 0.6 is 0 Å². The van der Waals surface area contributed by atoms with Gasteiger partial charge in [0.2, 0.25) is 5.91 Å². The SMILES string of the molecule is CCN(CCC(=O)O)C(=O)C(C)CCCC(C)N. The first-order valence-electron chi connectivity index (χ1n) is 6.64. The first-order chi connectivity index (χ1) is 8.38. The van der Waals surface area contributed by atoms with Crippen LogP contribution in [-0.4, -0.2) is 41.0 Å². The van der Waals surface area contributed by atoms with Crippen molar-refractivity contribution < 1.29 is 14.7 Å². The van der Waals surface area contributed by atoms with E-state index in [0.717, 1.165) is 19.3 Å². The summed E-state index contributed by atoms with van der Waals surface area (Å²) in [6, 6.07) is 0.168. The molecule has 3 N–H and O–H groups in total. The Balaban J connectivity index is 4.10. The van der Waals surface area contributed by atoms with Crippen molar-refractivity contribution >= 4 is 11.9 Å². The fourth-order valence-electron chi connectivity index (χ4n) is 1.84. The minimum Gasteiger partial charge on any atom is -0.481 e. The summed E-state index contributed by atoms with van der Waals surface area (Å²) in [5.41, 5.74) is 5.66. The van der Waals surface area contributed by atoms with Gasteiger partial charge in [0.1, 0.15) is 0 Å². The van der Waals surface area contributed by atoms with E-state index >= 15 is 0 Å². The number of hydrogen-bond acceptors (Lipinski definition) is 3. The van der Waals surface area contributed by atoms with Gasteiger partial charge in [-0.2, -0.15) is 0 Å². The van der Waals surface area contributed by atoms with Crippen LogP contribution in [0.5, 0.6) is 0 Å². The first-order valence-corrected chi connectivity index (χ1v) is 6.64. The molecule has 0 rings (SSSR count). The molecule has 0 saturated heterocycles. The molecule has 1 amide bonds. The number of carbonyl (C=O) groups is 2. The zero-order chi connectivity index (χ0) is 14.1. The van der Waals surface area contributed by atoms with E-state index in [1.165, 1.54) is 0 Å². The Labute approximate surface area is 109 Å². The minimum atomic E-state index is -0.870. The molecule has 0 aliphatic rings. The lowest BCUT2D eigenvalue weighted by Gasteiger charge is -2.24. The Morgan fingerprint density at radius 1 is 1.28 bits per heavy atom. The molecular formula is C13H26N2O3. The van der Waals surface area contributed by atoms with Crippen molar-refractivity contribution in [3.63, 3.8) is 0 Å². The van der Waals surface area contributed by atoms with Crippen molar-refractivity contribution in [3.8, 4) is 0 Å². The molecule has 0 aromatic rings. The van der Waals surface area contributed by atoms with Gasteiger partial charge < -0.3 is 15.7 Å². The average Bonchev–Trinajstić information content (AvgIpc) is 2.28. The van der Waals surface area contributed by atoms with Gasteiger partial charge in [0.05, 0.1) is 6.42 Å². The molecule has 0 aliphatic heterocycles. The van der Waals surface area contributed by atoms with Gasteiger partial charge in [-0.05, 0) is 26.7 Å². The Bertz CT molecular complexity index is 267. The molecule has 0 aromatic carbocycles. The lowest BCUT2D eigenvalue weighted by atomic mass is 10.0. The number of rotatable bonds is 9. The van der Waals surface area contributed by atoms with Gasteiger partial charge >= 0.3 is 5.97 Å². The summed E-state index contributed by atoms with van der Waals surface area (Å²) in [6.07, 6.45) is 2.66. The molecule has 0 aliphatic carbocycles. The number of nitrogens with two attached hydrogens (primary N) is 1. The van der Waals surface area contributed by atoms with E-state index in [2.05, 4.69) is 0 Å². The van der Waals surface area contributed by atoms with Crippen LogP contribution in [0.3, 0.4) is 0 Å². The normalized spacial score (nSPS) is 14.0. The van der Waals surface area contributed by atoms with Crippen molar-refractivity contribution in [2.75, 3.05) is 13.1 Å². The molecule has 18 heavy (non-hydrogen) atoms. The van der Waals surface area contributed by atoms with E-state index in [0.29, 0.717) is 13.1 Å². The summed E-state index contributed by atoms with van der Waals surface area (Å²) in [5.74, 6) is -0.883. The molecule has 0 bridgehead atoms. The topological polar surface area (TPSA) is 83.6 Å². The molecular weight excluding hydrogens is 232 g/mol. The van der Waals surface area contributed by atoms with Crippen LogP contribution < -0.4 is 5.73 Å². The quantitative estimate of drug-likeness (QED) is 0.656. The summed E-state index contributed by atoms with van der Waals surface area (Å²) < 4.78 is 0. The molecule has 0 saturated carbocycles. The maximum Gasteiger partial charge on any atom is 0.305 e. The maximum absolute atomic E-state index is 12.1. The van der Waals surface area contributed by atoms with Gasteiger partial charge in [0.15, 0.2) is 0 Å². The average molecular weight is 258 g/mol. The van der Waals surface area contributed by atoms with Gasteiger partial charge in [-0.15, -0.1) is 0 Å². The van der Waals surface area contributed by atoms with Gasteiger partial charge in [-0.25, -0.2) is 0 Å². The third-order valence-corrected chi connectivity index (χ3v) is 3.01. The molecule has 0 spiro atoms. The van der Waals surface area contributed by atoms with Crippen LogP contribution in [0, 0.1) is 5.92 Å². The number of carboxylic acid groups (broad SMARTS) is 1. The zero-order valence-corrected chi connectivity index (χ0v) is 11.7. The van der Waals surface area contributed by atoms with E-state index < -0.39 is 5.97 Å². The van der Waals surface area contributed by atoms with E-state index in [4.69, 9.17) is 10.8 Å². The third-order valence-electron chi connectivity index (χ3n) is 3.01. The highest BCUT2D eigenvalue weighted by molar-refractivity contribution is 5.79. The van der Waals surface area contributed by atoms with Gasteiger partial charge in [-0.3, -0.25) is 9.59 Å². The minimum absolute atomic E-state index is 0.00609. The van der Waals surface area contributed by atoms with Crippen molar-refractivity contribution in [1.29, 1.82) is 0 Å². The standard InChI is InChI=1S/C13H26N2O3/c1-4-15(9-8-12(16)17)13(18)10(2)6-5-7-11(3)14/h10-11H,4-9,14H2,1-3H3,(H,16,17). The molecule has 5 heteroatoms. The molecule has 0 radical (unpaired) electrons. The number of amides is 1. The summed E-state index contributed by atoms with van der Waals surface area (Å²) in [4.78, 5) is 24.2. The fraction of sp³-hybridized carbons (Fsp3) is 0.846. The van der Waals surface area contributed by atoms with Crippen molar-refractivity contribution in [1.82, 2.24) is 4.90 Å². The number of hydrogen-bond donors (Lipinski definition) is 2. The Hall–Kier alpha value is -1.10. The van der Waals surface area contributed by atoms with E-state index in [1.807, 2.05) is 20.8 Å². The lowest BCUT2D eigenvalue weighted by molar-refractivity contribution is -0.139. The van der Waals surface area contributed by atoms with Gasteiger partial charge in [0, 0.05) is 25.0 Å². The number of aliphatic carboxylic acids is 1. The van der Waals surface area contributed by atoms with E-state index in [-0.39, 0.29) is 24.3 Å². The summed E-state index contributed by atoms with van der Waals surface area (Å²) in [5, 5.41) is 8.63. The van der Waals surface area contributed by atoms with Crippen LogP contribution in [-0.2, 0) is 9.59 Å². The van der Waals surface area contributed by atoms with Crippen LogP contribution in [0.1, 0.15) is 46.5 Å². The van der Waals surface area contributed by atoms with Crippen LogP contribution in [0.2, 0.25) is 0 Å². The summed E-state index contributed by atoms with van der Waals surface area (Å²) in [7, 11) is 0. The lowest BCUT2D eigenvalue weighted by Crippen LogP contribution is -2.36. The second-order valence-electron chi connectivity index (χ2n) is 4.87. The predicted molar refractivity (Wildman–Crippen MR) is 71.2 cm³/mol. The van der Waals surface area contributed by atoms with Crippen molar-refractivity contribution in [3.05, 3.63) is 0 Å². The maximum atomic E-state index is 12.1. The van der Waals surface area contributed by atoms with Crippen LogP contribution in [0.4, 0.5) is 0 Å². The fourth-order valence-corrected chi connectivity index (χ4v) is 1.84. The van der Waals surface area contributed by atoms with Gasteiger partial charge in [-0.1, -0.05) is 13.3 Å². The van der Waals surface area contributed by atoms with Gasteiger partial charge in [0.25, 0.3) is 0 Å². The Morgan fingerprint density at radius 2 is 1.89 bits per heavy atom. The second-order valence-corrected chi connectivity index (χ2v) is 4.87.